The van der Waals surface area contributed by atoms with Gasteiger partial charge in [0, 0.05) is 10.6 Å². The van der Waals surface area contributed by atoms with E-state index in [1.165, 1.54) is 6.07 Å². The number of aliphatic hydroxyl groups is 1. The second-order valence-electron chi connectivity index (χ2n) is 8.40. The predicted molar refractivity (Wildman–Crippen MR) is 166 cm³/mol. The lowest BCUT2D eigenvalue weighted by atomic mass is 10.1. The molecule has 1 aliphatic heterocycles. The molecule has 3 aromatic rings. The minimum atomic E-state index is -0.800. The standard InChI is InChI=1S/C30H24BrCl2NO6S/c1-3-38-23-14-17(13-20(31)27(23)40-16-18-9-5-7-11-21(18)32)15-24-26(35)25(30(37)39-4-2)29(41-24)34-28(36)19-10-6-8-12-22(19)33/h5-15,35H,3-4,16H2,1-2H3/b24-15-,34-29?. The topological polar surface area (TPSA) is 94.4 Å². The van der Waals surface area contributed by atoms with E-state index in [0.717, 1.165) is 17.3 Å². The van der Waals surface area contributed by atoms with Crippen LogP contribution in [0.5, 0.6) is 11.5 Å². The summed E-state index contributed by atoms with van der Waals surface area (Å²) in [6.45, 7) is 4.17. The fourth-order valence-electron chi connectivity index (χ4n) is 3.77. The van der Waals surface area contributed by atoms with E-state index >= 15 is 0 Å². The van der Waals surface area contributed by atoms with Crippen LogP contribution in [0.15, 0.2) is 86.4 Å². The van der Waals surface area contributed by atoms with Crippen molar-refractivity contribution in [1.82, 2.24) is 0 Å². The van der Waals surface area contributed by atoms with Gasteiger partial charge in [0.2, 0.25) is 0 Å². The summed E-state index contributed by atoms with van der Waals surface area (Å²) >= 11 is 16.9. The zero-order valence-corrected chi connectivity index (χ0v) is 25.9. The fraction of sp³-hybridized carbons (Fsp3) is 0.167. The SMILES string of the molecule is CCOC(=O)C1=C(O)/C(=C/c2cc(Br)c(OCc3ccccc3Cl)c(OCC)c2)SC1=NC(=O)c1ccccc1Cl. The molecular weight excluding hydrogens is 653 g/mol. The van der Waals surface area contributed by atoms with Gasteiger partial charge in [0.1, 0.15) is 23.0 Å². The molecular formula is C30H24BrCl2NO6S. The average Bonchev–Trinajstić information content (AvgIpc) is 3.23. The van der Waals surface area contributed by atoms with Crippen LogP contribution < -0.4 is 9.47 Å². The summed E-state index contributed by atoms with van der Waals surface area (Å²) in [6, 6.07) is 17.3. The first-order valence-electron chi connectivity index (χ1n) is 12.4. The molecule has 0 aliphatic carbocycles. The summed E-state index contributed by atoms with van der Waals surface area (Å²) in [6.07, 6.45) is 1.65. The van der Waals surface area contributed by atoms with Crippen LogP contribution in [0.25, 0.3) is 6.08 Å². The quantitative estimate of drug-likeness (QED) is 0.227. The molecule has 0 saturated heterocycles. The molecule has 0 fully saturated rings. The predicted octanol–water partition coefficient (Wildman–Crippen LogP) is 8.44. The number of hydrogen-bond acceptors (Lipinski definition) is 7. The molecule has 0 unspecified atom stereocenters. The van der Waals surface area contributed by atoms with Crippen molar-refractivity contribution in [3.8, 4) is 11.5 Å². The molecule has 3 aromatic carbocycles. The molecule has 1 heterocycles. The Morgan fingerprint density at radius 3 is 2.39 bits per heavy atom. The monoisotopic (exact) mass is 675 g/mol. The molecule has 1 aliphatic rings. The second kappa shape index (κ2) is 14.1. The summed E-state index contributed by atoms with van der Waals surface area (Å²) in [5.74, 6) is -0.873. The van der Waals surface area contributed by atoms with Crippen LogP contribution in [0.4, 0.5) is 0 Å². The number of benzene rings is 3. The molecule has 0 spiro atoms. The van der Waals surface area contributed by atoms with Crippen LogP contribution in [-0.2, 0) is 16.1 Å². The Bertz CT molecular complexity index is 1590. The first kappa shape index (κ1) is 30.7. The number of aliphatic imine (C=N–C) groups is 1. The van der Waals surface area contributed by atoms with E-state index in [1.54, 1.807) is 49.4 Å². The summed E-state index contributed by atoms with van der Waals surface area (Å²) in [5, 5.41) is 11.8. The molecule has 7 nitrogen and oxygen atoms in total. The highest BCUT2D eigenvalue weighted by Gasteiger charge is 2.34. The van der Waals surface area contributed by atoms with E-state index < -0.39 is 11.9 Å². The Morgan fingerprint density at radius 1 is 1.00 bits per heavy atom. The lowest BCUT2D eigenvalue weighted by Crippen LogP contribution is -2.14. The number of thioether (sulfide) groups is 1. The number of halogens is 3. The van der Waals surface area contributed by atoms with Crippen LogP contribution in [-0.4, -0.2) is 35.2 Å². The number of carbonyl (C=O) groups is 2. The molecule has 0 radical (unpaired) electrons. The van der Waals surface area contributed by atoms with Crippen molar-refractivity contribution in [1.29, 1.82) is 0 Å². The number of amides is 1. The van der Waals surface area contributed by atoms with Crippen LogP contribution in [0.3, 0.4) is 0 Å². The number of hydrogen-bond donors (Lipinski definition) is 1. The van der Waals surface area contributed by atoms with E-state index in [4.69, 9.17) is 37.4 Å². The van der Waals surface area contributed by atoms with Gasteiger partial charge >= 0.3 is 5.97 Å². The molecule has 41 heavy (non-hydrogen) atoms. The fourth-order valence-corrected chi connectivity index (χ4v) is 5.76. The highest BCUT2D eigenvalue weighted by molar-refractivity contribution is 9.10. The Labute approximate surface area is 259 Å². The zero-order valence-electron chi connectivity index (χ0n) is 21.9. The number of esters is 1. The van der Waals surface area contributed by atoms with Crippen molar-refractivity contribution in [2.75, 3.05) is 13.2 Å². The van der Waals surface area contributed by atoms with Gasteiger partial charge in [-0.3, -0.25) is 4.79 Å². The van der Waals surface area contributed by atoms with E-state index in [2.05, 4.69) is 20.9 Å². The summed E-state index contributed by atoms with van der Waals surface area (Å²) in [5.41, 5.74) is 1.41. The minimum Gasteiger partial charge on any atom is -0.506 e. The van der Waals surface area contributed by atoms with E-state index in [9.17, 15) is 14.7 Å². The third-order valence-corrected chi connectivity index (χ3v) is 7.94. The van der Waals surface area contributed by atoms with Gasteiger partial charge in [-0.05, 0) is 71.7 Å². The van der Waals surface area contributed by atoms with Crippen LogP contribution in [0.2, 0.25) is 10.0 Å². The van der Waals surface area contributed by atoms with Crippen molar-refractivity contribution in [3.63, 3.8) is 0 Å². The molecule has 0 bridgehead atoms. The van der Waals surface area contributed by atoms with E-state index in [0.29, 0.717) is 33.2 Å². The molecule has 11 heteroatoms. The Kier molecular flexibility index (Phi) is 10.6. The van der Waals surface area contributed by atoms with Crippen LogP contribution in [0.1, 0.15) is 35.3 Å². The number of aliphatic hydroxyl groups excluding tert-OH is 1. The maximum absolute atomic E-state index is 12.9. The smallest absolute Gasteiger partial charge is 0.344 e. The molecule has 0 atom stereocenters. The Balaban J connectivity index is 1.69. The lowest BCUT2D eigenvalue weighted by Gasteiger charge is -2.15. The summed E-state index contributed by atoms with van der Waals surface area (Å²) < 4.78 is 17.6. The van der Waals surface area contributed by atoms with E-state index in [1.807, 2.05) is 25.1 Å². The van der Waals surface area contributed by atoms with Crippen LogP contribution >= 0.6 is 50.9 Å². The van der Waals surface area contributed by atoms with Gasteiger partial charge in [-0.1, -0.05) is 65.3 Å². The van der Waals surface area contributed by atoms with Crippen molar-refractivity contribution in [2.45, 2.75) is 20.5 Å². The third kappa shape index (κ3) is 7.35. The lowest BCUT2D eigenvalue weighted by molar-refractivity contribution is -0.138. The van der Waals surface area contributed by atoms with E-state index in [-0.39, 0.29) is 45.1 Å². The van der Waals surface area contributed by atoms with Gasteiger partial charge in [-0.25, -0.2) is 9.79 Å². The molecule has 1 N–H and O–H groups in total. The van der Waals surface area contributed by atoms with Crippen molar-refractivity contribution < 1.29 is 28.9 Å². The number of nitrogens with zero attached hydrogens (tertiary/aromatic N) is 1. The number of carbonyl (C=O) groups excluding carboxylic acids is 2. The van der Waals surface area contributed by atoms with Gasteiger partial charge in [0.05, 0.1) is 33.2 Å². The van der Waals surface area contributed by atoms with Gasteiger partial charge in [0.15, 0.2) is 11.5 Å². The highest BCUT2D eigenvalue weighted by Crippen LogP contribution is 2.42. The van der Waals surface area contributed by atoms with Gasteiger partial charge in [-0.15, -0.1) is 0 Å². The third-order valence-electron chi connectivity index (χ3n) is 5.64. The van der Waals surface area contributed by atoms with Crippen molar-refractivity contribution in [2.24, 2.45) is 4.99 Å². The molecule has 4 rings (SSSR count). The molecule has 212 valence electrons. The first-order valence-corrected chi connectivity index (χ1v) is 14.8. The Morgan fingerprint density at radius 2 is 1.71 bits per heavy atom. The average molecular weight is 677 g/mol. The van der Waals surface area contributed by atoms with Crippen LogP contribution in [0, 0.1) is 0 Å². The second-order valence-corrected chi connectivity index (χ2v) is 11.1. The zero-order chi connectivity index (χ0) is 29.5. The summed E-state index contributed by atoms with van der Waals surface area (Å²) in [7, 11) is 0. The minimum absolute atomic E-state index is 0.000843. The number of rotatable bonds is 9. The van der Waals surface area contributed by atoms with Gasteiger partial charge in [-0.2, -0.15) is 0 Å². The first-order chi connectivity index (χ1) is 19.7. The van der Waals surface area contributed by atoms with Crippen molar-refractivity contribution >= 4 is 73.9 Å². The number of ether oxygens (including phenoxy) is 3. The van der Waals surface area contributed by atoms with Gasteiger partial charge in [0.25, 0.3) is 5.91 Å². The van der Waals surface area contributed by atoms with Gasteiger partial charge < -0.3 is 19.3 Å². The molecule has 0 saturated carbocycles. The largest absolute Gasteiger partial charge is 0.506 e. The maximum Gasteiger partial charge on any atom is 0.344 e. The Hall–Kier alpha value is -3.24. The molecule has 1 amide bonds. The summed E-state index contributed by atoms with van der Waals surface area (Å²) in [4.78, 5) is 30.0. The normalized spacial score (nSPS) is 15.0. The highest BCUT2D eigenvalue weighted by atomic mass is 79.9. The maximum atomic E-state index is 12.9. The van der Waals surface area contributed by atoms with Crippen molar-refractivity contribution in [3.05, 3.63) is 108 Å². The molecule has 0 aromatic heterocycles.